The van der Waals surface area contributed by atoms with Crippen LogP contribution in [0.1, 0.15) is 10.5 Å². The highest BCUT2D eigenvalue weighted by Crippen LogP contribution is 1.96. The standard InChI is InChI=1S/C5H5N3O2/c6-4-1-3(5(9)10)7-2-8-4/h1-2H,(H,9,10)(H2,6,7,8)/p-1. The third-order valence-corrected chi connectivity index (χ3v) is 0.897. The van der Waals surface area contributed by atoms with Crippen molar-refractivity contribution in [3.05, 3.63) is 18.1 Å². The molecule has 0 spiro atoms. The van der Waals surface area contributed by atoms with Crippen molar-refractivity contribution in [1.82, 2.24) is 9.97 Å². The van der Waals surface area contributed by atoms with Crippen LogP contribution >= 0.6 is 0 Å². The number of hydrogen-bond donors (Lipinski definition) is 1. The van der Waals surface area contributed by atoms with Gasteiger partial charge in [-0.15, -0.1) is 0 Å². The van der Waals surface area contributed by atoms with Crippen molar-refractivity contribution in [3.63, 3.8) is 0 Å². The Morgan fingerprint density at radius 3 is 2.70 bits per heavy atom. The van der Waals surface area contributed by atoms with Gasteiger partial charge in [0, 0.05) is 6.07 Å². The Labute approximate surface area is 56.5 Å². The average molecular weight is 138 g/mol. The number of anilines is 1. The summed E-state index contributed by atoms with van der Waals surface area (Å²) in [6.45, 7) is 0. The predicted molar refractivity (Wildman–Crippen MR) is 30.8 cm³/mol. The van der Waals surface area contributed by atoms with E-state index in [0.717, 1.165) is 12.4 Å². The number of hydrogen-bond acceptors (Lipinski definition) is 5. The summed E-state index contributed by atoms with van der Waals surface area (Å²) in [7, 11) is 0. The summed E-state index contributed by atoms with van der Waals surface area (Å²) >= 11 is 0. The zero-order valence-electron chi connectivity index (χ0n) is 4.94. The molecule has 0 atom stereocenters. The molecule has 1 aromatic rings. The van der Waals surface area contributed by atoms with E-state index in [0.29, 0.717) is 0 Å². The molecule has 1 rings (SSSR count). The molecule has 0 aromatic carbocycles. The van der Waals surface area contributed by atoms with Crippen LogP contribution in [0.3, 0.4) is 0 Å². The van der Waals surface area contributed by atoms with E-state index >= 15 is 0 Å². The number of aromatic carboxylic acids is 1. The quantitative estimate of drug-likeness (QED) is 0.505. The van der Waals surface area contributed by atoms with Crippen molar-refractivity contribution >= 4 is 11.8 Å². The smallest absolute Gasteiger partial charge is 0.127 e. The monoisotopic (exact) mass is 138 g/mol. The molecular weight excluding hydrogens is 134 g/mol. The number of rotatable bonds is 1. The summed E-state index contributed by atoms with van der Waals surface area (Å²) in [5.74, 6) is -1.23. The van der Waals surface area contributed by atoms with E-state index < -0.39 is 5.97 Å². The fourth-order valence-electron chi connectivity index (χ4n) is 0.484. The van der Waals surface area contributed by atoms with Gasteiger partial charge in [0.05, 0.1) is 11.7 Å². The van der Waals surface area contributed by atoms with E-state index in [1.807, 2.05) is 0 Å². The van der Waals surface area contributed by atoms with E-state index in [2.05, 4.69) is 9.97 Å². The van der Waals surface area contributed by atoms with Gasteiger partial charge in [0.25, 0.3) is 0 Å². The number of nitrogens with zero attached hydrogens (tertiary/aromatic N) is 2. The first-order chi connectivity index (χ1) is 4.70. The first-order valence-corrected chi connectivity index (χ1v) is 2.49. The molecule has 52 valence electrons. The molecule has 0 bridgehead atoms. The van der Waals surface area contributed by atoms with Gasteiger partial charge in [0.15, 0.2) is 0 Å². The minimum atomic E-state index is -1.35. The van der Waals surface area contributed by atoms with Crippen molar-refractivity contribution in [2.45, 2.75) is 0 Å². The average Bonchev–Trinajstić information content (AvgIpc) is 1.88. The van der Waals surface area contributed by atoms with Crippen LogP contribution in [-0.2, 0) is 0 Å². The minimum Gasteiger partial charge on any atom is -0.543 e. The summed E-state index contributed by atoms with van der Waals surface area (Å²) in [5.41, 5.74) is 4.95. The Bertz CT molecular complexity index is 261. The molecule has 0 amide bonds. The second-order valence-corrected chi connectivity index (χ2v) is 1.62. The number of carbonyl (C=O) groups excluding carboxylic acids is 1. The molecule has 0 unspecified atom stereocenters. The van der Waals surface area contributed by atoms with Crippen LogP contribution in [0.15, 0.2) is 12.4 Å². The normalized spacial score (nSPS) is 9.20. The largest absolute Gasteiger partial charge is 0.543 e. The number of aromatic nitrogens is 2. The highest BCUT2D eigenvalue weighted by atomic mass is 16.4. The Hall–Kier alpha value is -1.65. The third-order valence-electron chi connectivity index (χ3n) is 0.897. The van der Waals surface area contributed by atoms with E-state index in [1.54, 1.807) is 0 Å². The number of carbonyl (C=O) groups is 1. The zero-order chi connectivity index (χ0) is 7.56. The number of nitrogen functional groups attached to an aromatic ring is 1. The molecule has 5 heteroatoms. The number of carboxylic acids is 1. The summed E-state index contributed by atoms with van der Waals surface area (Å²) in [4.78, 5) is 17.0. The fraction of sp³-hybridized carbons (Fsp3) is 0. The van der Waals surface area contributed by atoms with Crippen molar-refractivity contribution in [2.75, 3.05) is 5.73 Å². The molecule has 1 heterocycles. The molecule has 2 N–H and O–H groups in total. The molecule has 0 radical (unpaired) electrons. The highest BCUT2D eigenvalue weighted by molar-refractivity contribution is 5.83. The van der Waals surface area contributed by atoms with Gasteiger partial charge in [-0.05, 0) is 0 Å². The van der Waals surface area contributed by atoms with Gasteiger partial charge in [-0.3, -0.25) is 0 Å². The molecule has 5 nitrogen and oxygen atoms in total. The van der Waals surface area contributed by atoms with Crippen molar-refractivity contribution in [3.8, 4) is 0 Å². The maximum Gasteiger partial charge on any atom is 0.127 e. The van der Waals surface area contributed by atoms with Gasteiger partial charge in [-0.25, -0.2) is 9.97 Å². The summed E-state index contributed by atoms with van der Waals surface area (Å²) < 4.78 is 0. The maximum absolute atomic E-state index is 10.1. The lowest BCUT2D eigenvalue weighted by molar-refractivity contribution is -0.255. The second kappa shape index (κ2) is 2.30. The SMILES string of the molecule is Nc1cc(C(=O)[O-])ncn1. The Kier molecular flexibility index (Phi) is 1.49. The van der Waals surface area contributed by atoms with E-state index in [4.69, 9.17) is 5.73 Å². The van der Waals surface area contributed by atoms with Gasteiger partial charge >= 0.3 is 0 Å². The topological polar surface area (TPSA) is 91.9 Å². The van der Waals surface area contributed by atoms with Gasteiger partial charge in [0.1, 0.15) is 12.1 Å². The molecule has 0 saturated heterocycles. The summed E-state index contributed by atoms with van der Waals surface area (Å²) in [6.07, 6.45) is 1.07. The molecule has 0 aliphatic carbocycles. The van der Waals surface area contributed by atoms with Crippen LogP contribution < -0.4 is 10.8 Å². The van der Waals surface area contributed by atoms with Crippen LogP contribution in [-0.4, -0.2) is 15.9 Å². The second-order valence-electron chi connectivity index (χ2n) is 1.62. The molecule has 1 aromatic heterocycles. The Morgan fingerprint density at radius 1 is 1.60 bits per heavy atom. The molecular formula is C5H4N3O2-. The Balaban J connectivity index is 3.07. The molecule has 0 aliphatic rings. The van der Waals surface area contributed by atoms with Gasteiger partial charge in [0.2, 0.25) is 0 Å². The van der Waals surface area contributed by atoms with Crippen LogP contribution in [0.25, 0.3) is 0 Å². The zero-order valence-corrected chi connectivity index (χ0v) is 4.94. The third kappa shape index (κ3) is 1.19. The van der Waals surface area contributed by atoms with E-state index in [9.17, 15) is 9.90 Å². The maximum atomic E-state index is 10.1. The summed E-state index contributed by atoms with van der Waals surface area (Å²) in [6, 6.07) is 1.13. The van der Waals surface area contributed by atoms with Crippen LogP contribution in [0, 0.1) is 0 Å². The minimum absolute atomic E-state index is 0.120. The number of nitrogens with two attached hydrogens (primary N) is 1. The lowest BCUT2D eigenvalue weighted by Crippen LogP contribution is -2.23. The molecule has 0 fully saturated rings. The molecule has 10 heavy (non-hydrogen) atoms. The first kappa shape index (κ1) is 6.47. The van der Waals surface area contributed by atoms with E-state index in [1.165, 1.54) is 0 Å². The van der Waals surface area contributed by atoms with Crippen molar-refractivity contribution in [1.29, 1.82) is 0 Å². The lowest BCUT2D eigenvalue weighted by Gasteiger charge is -1.98. The van der Waals surface area contributed by atoms with Crippen molar-refractivity contribution < 1.29 is 9.90 Å². The van der Waals surface area contributed by atoms with Crippen LogP contribution in [0.5, 0.6) is 0 Å². The van der Waals surface area contributed by atoms with Gasteiger partial charge in [-0.2, -0.15) is 0 Å². The molecule has 0 saturated carbocycles. The Morgan fingerprint density at radius 2 is 2.30 bits per heavy atom. The highest BCUT2D eigenvalue weighted by Gasteiger charge is 1.93. The first-order valence-electron chi connectivity index (χ1n) is 2.49. The van der Waals surface area contributed by atoms with Crippen LogP contribution in [0.2, 0.25) is 0 Å². The summed E-state index contributed by atoms with van der Waals surface area (Å²) in [5, 5.41) is 10.1. The number of carboxylic acid groups (broad SMARTS) is 1. The lowest BCUT2D eigenvalue weighted by atomic mass is 10.4. The fourth-order valence-corrected chi connectivity index (χ4v) is 0.484. The van der Waals surface area contributed by atoms with Gasteiger partial charge in [-0.1, -0.05) is 0 Å². The predicted octanol–water partition coefficient (Wildman–Crippen LogP) is -1.58. The van der Waals surface area contributed by atoms with Crippen LogP contribution in [0.4, 0.5) is 5.82 Å². The van der Waals surface area contributed by atoms with Gasteiger partial charge < -0.3 is 15.6 Å². The molecule has 0 aliphatic heterocycles. The van der Waals surface area contributed by atoms with E-state index in [-0.39, 0.29) is 11.5 Å². The van der Waals surface area contributed by atoms with Crippen molar-refractivity contribution in [2.24, 2.45) is 0 Å².